The number of anilines is 4. The van der Waals surface area contributed by atoms with Crippen molar-refractivity contribution in [3.8, 4) is 23.0 Å². The van der Waals surface area contributed by atoms with Gasteiger partial charge in [-0.1, -0.05) is 59.6 Å². The molecule has 22 heteroatoms. The number of ether oxygens (including phenoxy) is 2. The van der Waals surface area contributed by atoms with Crippen LogP contribution in [0, 0.1) is 0 Å². The molecule has 58 heavy (non-hydrogen) atoms. The van der Waals surface area contributed by atoms with Crippen LogP contribution >= 0.6 is 23.2 Å². The summed E-state index contributed by atoms with van der Waals surface area (Å²) in [5, 5.41) is 28.7. The number of benzene rings is 4. The Morgan fingerprint density at radius 2 is 0.966 bits per heavy atom. The van der Waals surface area contributed by atoms with Crippen LogP contribution in [0.4, 0.5) is 22.7 Å². The summed E-state index contributed by atoms with van der Waals surface area (Å²) in [7, 11) is -4.30. The Hall–Kier alpha value is -4.55. The zero-order valence-corrected chi connectivity index (χ0v) is 37.5. The van der Waals surface area contributed by atoms with Crippen LogP contribution in [0.25, 0.3) is 12.2 Å². The fourth-order valence-electron chi connectivity index (χ4n) is 5.28. The molecule has 2 aliphatic rings. The van der Waals surface area contributed by atoms with Gasteiger partial charge in [0, 0.05) is 52.8 Å². The van der Waals surface area contributed by atoms with Gasteiger partial charge < -0.3 is 19.7 Å². The van der Waals surface area contributed by atoms with E-state index in [0.717, 1.165) is 12.5 Å². The van der Waals surface area contributed by atoms with Crippen LogP contribution in [0.2, 0.25) is 10.0 Å². The summed E-state index contributed by atoms with van der Waals surface area (Å²) in [6.45, 7) is 0. The summed E-state index contributed by atoms with van der Waals surface area (Å²) in [5.74, 6) is -0.645. The van der Waals surface area contributed by atoms with E-state index in [1.54, 1.807) is 36.4 Å². The molecule has 0 fully saturated rings. The van der Waals surface area contributed by atoms with Crippen molar-refractivity contribution in [2.45, 2.75) is 0 Å². The van der Waals surface area contributed by atoms with Crippen molar-refractivity contribution >= 4 is 101 Å². The Labute approximate surface area is 376 Å². The van der Waals surface area contributed by atoms with Crippen molar-refractivity contribution < 1.29 is 93.0 Å². The van der Waals surface area contributed by atoms with Crippen molar-refractivity contribution in [3.63, 3.8) is 0 Å². The first kappa shape index (κ1) is 47.8. The van der Waals surface area contributed by atoms with E-state index in [2.05, 4.69) is 30.5 Å². The number of aromatic hydroxyl groups is 2. The number of halogens is 2. The van der Waals surface area contributed by atoms with Crippen molar-refractivity contribution in [1.29, 1.82) is 0 Å². The standard InChI is InChI=1S/2C18H16ClN3O5S.Cr.Na/c2*1-27-16-9-13(15(24)8-11(16)19)20-21-18-14(23)7-6-10-4-3-5-12(17(10)18)22-28(2,25)26;;/h2*3-9,20,22,24H,1-2H3;;/q;;;+1/b2*21-18+;;. The Kier molecular flexibility index (Phi) is 16.4. The van der Waals surface area contributed by atoms with Crippen molar-refractivity contribution in [2.24, 2.45) is 10.2 Å². The van der Waals surface area contributed by atoms with Gasteiger partial charge >= 0.3 is 29.6 Å². The van der Waals surface area contributed by atoms with Crippen LogP contribution in [0.15, 0.2) is 83.0 Å². The van der Waals surface area contributed by atoms with Gasteiger partial charge in [-0.3, -0.25) is 29.9 Å². The Morgan fingerprint density at radius 1 is 0.603 bits per heavy atom. The van der Waals surface area contributed by atoms with E-state index in [4.69, 9.17) is 32.7 Å². The minimum absolute atomic E-state index is 0. The molecule has 6 N–H and O–H groups in total. The largest absolute Gasteiger partial charge is 1.00 e. The number of hydrazone groups is 2. The van der Waals surface area contributed by atoms with Gasteiger partial charge in [0.1, 0.15) is 45.8 Å². The van der Waals surface area contributed by atoms with Crippen molar-refractivity contribution in [3.05, 3.63) is 105 Å². The summed E-state index contributed by atoms with van der Waals surface area (Å²) >= 11 is 11.9. The number of phenols is 2. The molecule has 0 aliphatic heterocycles. The van der Waals surface area contributed by atoms with Gasteiger partial charge in [-0.2, -0.15) is 10.2 Å². The average Bonchev–Trinajstić information content (AvgIpc) is 3.11. The number of rotatable bonds is 10. The van der Waals surface area contributed by atoms with E-state index in [1.807, 2.05) is 0 Å². The van der Waals surface area contributed by atoms with E-state index in [0.29, 0.717) is 33.8 Å². The van der Waals surface area contributed by atoms with Gasteiger partial charge in [-0.15, -0.1) is 0 Å². The SMILES string of the molecule is COc1cc(N/N=C2\C(=O)C=Cc3cccc(NS(C)(=O)=O)c32)c(O)cc1Cl.COc1cc(N/N=C2\C(=O)C=Cc3cccc(NS(C)(=O)=O)c32)c(O)cc1Cl.[Cr].[Na+]. The molecule has 0 spiro atoms. The van der Waals surface area contributed by atoms with E-state index in [-0.39, 0.29) is 103 Å². The van der Waals surface area contributed by atoms with Crippen LogP contribution in [-0.2, 0) is 47.0 Å². The number of sulfonamides is 2. The Balaban J connectivity index is 0.000000300. The van der Waals surface area contributed by atoms with Gasteiger partial charge in [0.05, 0.1) is 48.2 Å². The molecule has 298 valence electrons. The van der Waals surface area contributed by atoms with E-state index >= 15 is 0 Å². The normalized spacial score (nSPS) is 14.2. The molecule has 6 rings (SSSR count). The smallest absolute Gasteiger partial charge is 0.506 e. The van der Waals surface area contributed by atoms with E-state index in [9.17, 15) is 36.6 Å². The number of methoxy groups -OCH3 is 2. The summed E-state index contributed by atoms with van der Waals surface area (Å²) in [6, 6.07) is 15.2. The molecular weight excluding hydrogens is 886 g/mol. The van der Waals surface area contributed by atoms with E-state index in [1.165, 1.54) is 62.8 Å². The van der Waals surface area contributed by atoms with Crippen LogP contribution in [0.1, 0.15) is 22.3 Å². The number of ketones is 2. The molecule has 4 aromatic rings. The maximum absolute atomic E-state index is 12.4. The fourth-order valence-corrected chi connectivity index (χ4v) is 6.89. The molecule has 4 aromatic carbocycles. The minimum Gasteiger partial charge on any atom is -0.506 e. The van der Waals surface area contributed by atoms with Gasteiger partial charge in [0.15, 0.2) is 0 Å². The summed E-state index contributed by atoms with van der Waals surface area (Å²) < 4.78 is 61.7. The monoisotopic (exact) mass is 917 g/mol. The third-order valence-electron chi connectivity index (χ3n) is 7.67. The Bertz CT molecular complexity index is 2450. The molecule has 0 heterocycles. The first-order valence-corrected chi connectivity index (χ1v) is 20.4. The maximum atomic E-state index is 12.4. The topological polar surface area (TPSA) is 234 Å². The molecule has 16 nitrogen and oxygen atoms in total. The summed E-state index contributed by atoms with van der Waals surface area (Å²) in [5.41, 5.74) is 7.84. The fraction of sp³-hybridized carbons (Fsp3) is 0.111. The van der Waals surface area contributed by atoms with Crippen LogP contribution in [0.5, 0.6) is 23.0 Å². The predicted molar refractivity (Wildman–Crippen MR) is 218 cm³/mol. The average molecular weight is 919 g/mol. The predicted octanol–water partition coefficient (Wildman–Crippen LogP) is 2.68. The second-order valence-corrected chi connectivity index (χ2v) is 16.1. The molecular formula is C36H32Cl2CrN6NaO10S2+. The Morgan fingerprint density at radius 3 is 1.29 bits per heavy atom. The molecule has 0 aromatic heterocycles. The molecule has 0 atom stereocenters. The number of fused-ring (bicyclic) bond motifs is 2. The van der Waals surface area contributed by atoms with Crippen LogP contribution in [-0.4, -0.2) is 76.8 Å². The van der Waals surface area contributed by atoms with Crippen LogP contribution in [0.3, 0.4) is 0 Å². The number of carbonyl (C=O) groups is 2. The second kappa shape index (κ2) is 19.9. The molecule has 0 saturated carbocycles. The maximum Gasteiger partial charge on any atom is 1.00 e. The van der Waals surface area contributed by atoms with Gasteiger partial charge in [0.2, 0.25) is 31.6 Å². The summed E-state index contributed by atoms with van der Waals surface area (Å²) in [4.78, 5) is 24.8. The summed E-state index contributed by atoms with van der Waals surface area (Å²) in [6.07, 6.45) is 7.84. The molecule has 0 amide bonds. The van der Waals surface area contributed by atoms with E-state index < -0.39 is 31.6 Å². The van der Waals surface area contributed by atoms with Gasteiger partial charge in [-0.25, -0.2) is 16.8 Å². The molecule has 0 unspecified atom stereocenters. The number of hydrogen-bond acceptors (Lipinski definition) is 14. The quantitative estimate of drug-likeness (QED) is 0.0766. The van der Waals surface area contributed by atoms with Crippen LogP contribution < -0.4 is 59.3 Å². The first-order valence-electron chi connectivity index (χ1n) is 15.9. The first-order chi connectivity index (χ1) is 26.4. The number of phenolic OH excluding ortho intramolecular Hbond substituents is 2. The third kappa shape index (κ3) is 11.8. The zero-order chi connectivity index (χ0) is 40.9. The van der Waals surface area contributed by atoms with Gasteiger partial charge in [-0.05, 0) is 35.4 Å². The number of hydrogen-bond donors (Lipinski definition) is 6. The minimum atomic E-state index is -3.57. The molecule has 0 radical (unpaired) electrons. The number of allylic oxidation sites excluding steroid dienone is 2. The molecule has 0 bridgehead atoms. The van der Waals surface area contributed by atoms with Crippen molar-refractivity contribution in [1.82, 2.24) is 0 Å². The number of carbonyl (C=O) groups excluding carboxylic acids is 2. The number of nitrogens with one attached hydrogen (secondary N) is 4. The molecule has 2 aliphatic carbocycles. The van der Waals surface area contributed by atoms with Gasteiger partial charge in [0.25, 0.3) is 0 Å². The molecule has 0 saturated heterocycles. The number of nitrogens with zero attached hydrogens (tertiary/aromatic N) is 2. The second-order valence-electron chi connectivity index (χ2n) is 11.8. The van der Waals surface area contributed by atoms with Crippen molar-refractivity contribution in [2.75, 3.05) is 47.0 Å². The zero-order valence-electron chi connectivity index (χ0n) is 31.1. The third-order valence-corrected chi connectivity index (χ3v) is 9.44.